The van der Waals surface area contributed by atoms with Crippen molar-refractivity contribution in [3.63, 3.8) is 0 Å². The van der Waals surface area contributed by atoms with Crippen molar-refractivity contribution >= 4 is 58.4 Å². The molecule has 0 aliphatic carbocycles. The van der Waals surface area contributed by atoms with E-state index in [1.54, 1.807) is 11.1 Å². The third-order valence-electron chi connectivity index (χ3n) is 9.84. The topological polar surface area (TPSA) is 154 Å². The second-order valence-electron chi connectivity index (χ2n) is 13.4. The molecule has 3 saturated heterocycles. The van der Waals surface area contributed by atoms with Gasteiger partial charge in [0, 0.05) is 74.8 Å². The number of piperazine rings is 1. The molecule has 5 N–H and O–H groups in total. The van der Waals surface area contributed by atoms with Gasteiger partial charge >= 0.3 is 0 Å². The first-order valence-corrected chi connectivity index (χ1v) is 17.6. The summed E-state index contributed by atoms with van der Waals surface area (Å²) in [6.07, 6.45) is 4.17. The van der Waals surface area contributed by atoms with Crippen LogP contribution < -0.4 is 26.6 Å². The van der Waals surface area contributed by atoms with Crippen LogP contribution in [0.3, 0.4) is 0 Å². The maximum atomic E-state index is 13.1. The van der Waals surface area contributed by atoms with Crippen molar-refractivity contribution in [2.75, 3.05) is 54.8 Å². The third-order valence-corrected chi connectivity index (χ3v) is 11.4. The highest BCUT2D eigenvalue weighted by Crippen LogP contribution is 2.40. The Morgan fingerprint density at radius 2 is 1.81 bits per heavy atom. The van der Waals surface area contributed by atoms with E-state index in [0.29, 0.717) is 34.4 Å². The van der Waals surface area contributed by atoms with Gasteiger partial charge in [-0.2, -0.15) is 0 Å². The number of anilines is 3. The molecule has 0 saturated carbocycles. The zero-order valence-corrected chi connectivity index (χ0v) is 28.5. The number of carbonyl (C=O) groups excluding carboxylic acids is 3. The van der Waals surface area contributed by atoms with Crippen molar-refractivity contribution in [2.24, 2.45) is 5.73 Å². The normalized spacial score (nSPS) is 21.4. The molecule has 252 valence electrons. The van der Waals surface area contributed by atoms with E-state index in [9.17, 15) is 14.4 Å². The first-order valence-electron chi connectivity index (χ1n) is 16.4. The van der Waals surface area contributed by atoms with Gasteiger partial charge in [-0.3, -0.25) is 24.6 Å². The number of fused-ring (bicyclic) bond motifs is 1. The van der Waals surface area contributed by atoms with Gasteiger partial charge in [0.05, 0.1) is 16.9 Å². The molecule has 0 bridgehead atoms. The maximum absolute atomic E-state index is 13.1. The molecule has 2 aromatic carbocycles. The summed E-state index contributed by atoms with van der Waals surface area (Å²) in [5.74, 6) is 0.323. The van der Waals surface area contributed by atoms with Crippen LogP contribution in [0.15, 0.2) is 52.5 Å². The van der Waals surface area contributed by atoms with Crippen molar-refractivity contribution in [3.05, 3.63) is 64.3 Å². The standard InChI is InChI=1S/C34H40ClN9O3S/c1-34(37)9-11-43(12-10-34)27-18-38-32(30(36)39-27)48-26-4-2-3-24(29(26)35)42-15-13-41(14-16-42)19-21-5-6-23-22(17-21)20-44(33(23)47)25-7-8-28(45)40-31(25)46/h2-6,17-18,25H,7-16,19-20,37H2,1H3,(H2,36,39)(H,40,45,46). The lowest BCUT2D eigenvalue weighted by Gasteiger charge is -2.37. The van der Waals surface area contributed by atoms with E-state index in [1.807, 2.05) is 30.3 Å². The largest absolute Gasteiger partial charge is 0.381 e. The maximum Gasteiger partial charge on any atom is 0.255 e. The number of nitrogen functional groups attached to an aromatic ring is 1. The quantitative estimate of drug-likeness (QED) is 0.313. The lowest BCUT2D eigenvalue weighted by atomic mass is 9.91. The van der Waals surface area contributed by atoms with Gasteiger partial charge in [-0.15, -0.1) is 0 Å². The number of benzene rings is 2. The smallest absolute Gasteiger partial charge is 0.255 e. The summed E-state index contributed by atoms with van der Waals surface area (Å²) >= 11 is 8.41. The summed E-state index contributed by atoms with van der Waals surface area (Å²) in [4.78, 5) is 55.7. The fourth-order valence-corrected chi connectivity index (χ4v) is 8.08. The Labute approximate surface area is 289 Å². The highest BCUT2D eigenvalue weighted by Gasteiger charge is 2.39. The average molecular weight is 690 g/mol. The van der Waals surface area contributed by atoms with Gasteiger partial charge in [0.1, 0.15) is 16.9 Å². The van der Waals surface area contributed by atoms with Gasteiger partial charge in [0.25, 0.3) is 5.91 Å². The van der Waals surface area contributed by atoms with Crippen LogP contribution in [0.25, 0.3) is 0 Å². The highest BCUT2D eigenvalue weighted by atomic mass is 35.5. The van der Waals surface area contributed by atoms with Crippen molar-refractivity contribution in [3.8, 4) is 0 Å². The minimum absolute atomic E-state index is 0.143. The first kappa shape index (κ1) is 32.6. The molecule has 4 aliphatic rings. The first-order chi connectivity index (χ1) is 23.0. The summed E-state index contributed by atoms with van der Waals surface area (Å²) in [6.45, 7) is 8.21. The van der Waals surface area contributed by atoms with E-state index < -0.39 is 11.9 Å². The molecule has 14 heteroatoms. The lowest BCUT2D eigenvalue weighted by Crippen LogP contribution is -2.52. The minimum atomic E-state index is -0.609. The number of nitrogens with zero attached hydrogens (tertiary/aromatic N) is 6. The molecular formula is C34H40ClN9O3S. The molecule has 12 nitrogen and oxygen atoms in total. The van der Waals surface area contributed by atoms with E-state index in [0.717, 1.165) is 86.2 Å². The molecule has 3 fully saturated rings. The molecule has 1 atom stereocenters. The van der Waals surface area contributed by atoms with Gasteiger partial charge in [-0.1, -0.05) is 41.6 Å². The molecule has 1 aromatic heterocycles. The minimum Gasteiger partial charge on any atom is -0.381 e. The Morgan fingerprint density at radius 1 is 1.04 bits per heavy atom. The number of nitrogens with two attached hydrogens (primary N) is 2. The average Bonchev–Trinajstić information content (AvgIpc) is 3.38. The summed E-state index contributed by atoms with van der Waals surface area (Å²) in [5.41, 5.74) is 16.2. The van der Waals surface area contributed by atoms with Crippen molar-refractivity contribution in [1.29, 1.82) is 0 Å². The summed E-state index contributed by atoms with van der Waals surface area (Å²) < 4.78 is 0. The number of rotatable bonds is 7. The van der Waals surface area contributed by atoms with E-state index in [1.165, 1.54) is 11.8 Å². The molecule has 7 rings (SSSR count). The molecule has 4 aliphatic heterocycles. The van der Waals surface area contributed by atoms with E-state index in [2.05, 4.69) is 43.0 Å². The number of amides is 3. The third kappa shape index (κ3) is 6.69. The number of halogens is 1. The van der Waals surface area contributed by atoms with Gasteiger partial charge in [-0.05, 0) is 55.5 Å². The number of carbonyl (C=O) groups is 3. The molecule has 3 aromatic rings. The number of imide groups is 1. The number of piperidine rings is 2. The summed E-state index contributed by atoms with van der Waals surface area (Å²) in [7, 11) is 0. The Hall–Kier alpha value is -3.91. The van der Waals surface area contributed by atoms with Gasteiger partial charge in [0.15, 0.2) is 5.82 Å². The summed E-state index contributed by atoms with van der Waals surface area (Å²) in [6, 6.07) is 11.4. The fraction of sp³-hybridized carbons (Fsp3) is 0.441. The zero-order valence-electron chi connectivity index (χ0n) is 27.0. The monoisotopic (exact) mass is 689 g/mol. The molecule has 1 unspecified atom stereocenters. The van der Waals surface area contributed by atoms with Crippen LogP contribution in [0.4, 0.5) is 17.3 Å². The molecular weight excluding hydrogens is 650 g/mol. The SMILES string of the molecule is CC1(N)CCN(c2cnc(Sc3cccc(N4CCN(Cc5ccc6c(c5)CN(C5CCC(=O)NC5=O)C6=O)CC4)c3Cl)c(N)n2)CC1. The molecule has 0 spiro atoms. The highest BCUT2D eigenvalue weighted by molar-refractivity contribution is 7.99. The van der Waals surface area contributed by atoms with E-state index in [4.69, 9.17) is 23.1 Å². The van der Waals surface area contributed by atoms with Crippen LogP contribution in [-0.2, 0) is 22.7 Å². The fourth-order valence-electron chi connectivity index (χ4n) is 6.92. The molecule has 0 radical (unpaired) electrons. The van der Waals surface area contributed by atoms with Crippen molar-refractivity contribution in [2.45, 2.75) is 67.2 Å². The Morgan fingerprint density at radius 3 is 2.54 bits per heavy atom. The van der Waals surface area contributed by atoms with Crippen LogP contribution >= 0.6 is 23.4 Å². The van der Waals surface area contributed by atoms with Gasteiger partial charge in [0.2, 0.25) is 11.8 Å². The number of hydrogen-bond acceptors (Lipinski definition) is 11. The Kier molecular flexibility index (Phi) is 8.96. The van der Waals surface area contributed by atoms with E-state index >= 15 is 0 Å². The predicted molar refractivity (Wildman–Crippen MR) is 186 cm³/mol. The van der Waals surface area contributed by atoms with Crippen molar-refractivity contribution in [1.82, 2.24) is 25.1 Å². The molecule has 3 amide bonds. The van der Waals surface area contributed by atoms with E-state index in [-0.39, 0.29) is 23.8 Å². The second-order valence-corrected chi connectivity index (χ2v) is 14.8. The van der Waals surface area contributed by atoms with Crippen LogP contribution in [0.1, 0.15) is 54.1 Å². The van der Waals surface area contributed by atoms with Gasteiger partial charge < -0.3 is 26.2 Å². The number of aromatic nitrogens is 2. The Balaban J connectivity index is 0.952. The predicted octanol–water partition coefficient (Wildman–Crippen LogP) is 3.26. The van der Waals surface area contributed by atoms with Crippen LogP contribution in [0.5, 0.6) is 0 Å². The lowest BCUT2D eigenvalue weighted by molar-refractivity contribution is -0.136. The summed E-state index contributed by atoms with van der Waals surface area (Å²) in [5, 5.41) is 3.66. The van der Waals surface area contributed by atoms with Gasteiger partial charge in [-0.25, -0.2) is 9.97 Å². The van der Waals surface area contributed by atoms with Crippen LogP contribution in [0.2, 0.25) is 5.02 Å². The zero-order chi connectivity index (χ0) is 33.6. The molecule has 5 heterocycles. The second kappa shape index (κ2) is 13.2. The Bertz CT molecular complexity index is 1750. The van der Waals surface area contributed by atoms with Crippen molar-refractivity contribution < 1.29 is 14.4 Å². The molecule has 48 heavy (non-hydrogen) atoms. The van der Waals surface area contributed by atoms with Crippen LogP contribution in [-0.4, -0.2) is 88.3 Å². The van der Waals surface area contributed by atoms with Crippen LogP contribution in [0, 0.1) is 0 Å². The number of hydrogen-bond donors (Lipinski definition) is 3. The number of nitrogens with one attached hydrogen (secondary N) is 1.